The van der Waals surface area contributed by atoms with Crippen LogP contribution in [0.5, 0.6) is 0 Å². The molecule has 0 aliphatic carbocycles. The third kappa shape index (κ3) is 5.18. The normalized spacial score (nSPS) is 15.7. The summed E-state index contributed by atoms with van der Waals surface area (Å²) in [4.78, 5) is 44.1. The van der Waals surface area contributed by atoms with Gasteiger partial charge in [0.2, 0.25) is 5.91 Å². The number of nitrogens with zero attached hydrogens (tertiary/aromatic N) is 3. The summed E-state index contributed by atoms with van der Waals surface area (Å²) in [5, 5.41) is 0.576. The lowest BCUT2D eigenvalue weighted by Crippen LogP contribution is -2.37. The molecule has 2 heterocycles. The van der Waals surface area contributed by atoms with Gasteiger partial charge in [-0.25, -0.2) is 4.98 Å². The molecule has 0 saturated carbocycles. The molecule has 1 amide bonds. The number of aromatic nitrogens is 2. The Balaban J connectivity index is 1.88. The minimum Gasteiger partial charge on any atom is -0.469 e. The molecule has 156 valence electrons. The molecule has 1 atom stereocenters. The van der Waals surface area contributed by atoms with Crippen molar-refractivity contribution in [3.05, 3.63) is 34.6 Å². The molecule has 1 saturated heterocycles. The lowest BCUT2D eigenvalue weighted by molar-refractivity contribution is -0.141. The van der Waals surface area contributed by atoms with Crippen molar-refractivity contribution in [1.82, 2.24) is 14.5 Å². The van der Waals surface area contributed by atoms with E-state index in [1.165, 1.54) is 23.4 Å². The number of carbonyl (C=O) groups is 2. The number of fused-ring (bicyclic) bond motifs is 1. The van der Waals surface area contributed by atoms with Crippen molar-refractivity contribution in [3.8, 4) is 0 Å². The Morgan fingerprint density at radius 3 is 2.55 bits per heavy atom. The molecule has 0 radical (unpaired) electrons. The number of para-hydroxylation sites is 1. The first-order valence-corrected chi connectivity index (χ1v) is 10.9. The van der Waals surface area contributed by atoms with Gasteiger partial charge in [-0.05, 0) is 31.9 Å². The maximum absolute atomic E-state index is 13.0. The van der Waals surface area contributed by atoms with E-state index in [4.69, 9.17) is 4.74 Å². The predicted octanol–water partition coefficient (Wildman–Crippen LogP) is 2.84. The number of benzene rings is 1. The highest BCUT2D eigenvalue weighted by Crippen LogP contribution is 2.25. The molecular weight excluding hydrogens is 390 g/mol. The Hall–Kier alpha value is -2.35. The van der Waals surface area contributed by atoms with E-state index in [0.29, 0.717) is 16.1 Å². The molecule has 0 bridgehead atoms. The van der Waals surface area contributed by atoms with Crippen molar-refractivity contribution in [2.75, 3.05) is 20.2 Å². The van der Waals surface area contributed by atoms with Gasteiger partial charge < -0.3 is 9.64 Å². The van der Waals surface area contributed by atoms with Crippen molar-refractivity contribution in [2.45, 2.75) is 56.0 Å². The highest BCUT2D eigenvalue weighted by Gasteiger charge is 2.24. The number of rotatable bonds is 6. The summed E-state index contributed by atoms with van der Waals surface area (Å²) in [6.45, 7) is 3.58. The van der Waals surface area contributed by atoms with Crippen LogP contribution in [-0.4, -0.2) is 51.8 Å². The van der Waals surface area contributed by atoms with Crippen LogP contribution in [0.3, 0.4) is 0 Å². The Labute approximate surface area is 174 Å². The Morgan fingerprint density at radius 1 is 1.17 bits per heavy atom. The molecule has 1 aliphatic rings. The number of hydrogen-bond acceptors (Lipinski definition) is 6. The van der Waals surface area contributed by atoms with Crippen LogP contribution in [0.15, 0.2) is 34.2 Å². The molecule has 8 heteroatoms. The average Bonchev–Trinajstić information content (AvgIpc) is 3.02. The third-order valence-corrected chi connectivity index (χ3v) is 6.22. The largest absolute Gasteiger partial charge is 0.469 e. The number of hydrogen-bond donors (Lipinski definition) is 0. The second-order valence-electron chi connectivity index (χ2n) is 7.19. The molecule has 7 nitrogen and oxygen atoms in total. The first-order valence-electron chi connectivity index (χ1n) is 10.0. The molecule has 1 aromatic carbocycles. The van der Waals surface area contributed by atoms with Crippen LogP contribution in [0.1, 0.15) is 39.0 Å². The lowest BCUT2D eigenvalue weighted by Gasteiger charge is -2.24. The van der Waals surface area contributed by atoms with Gasteiger partial charge in [-0.2, -0.15) is 0 Å². The second kappa shape index (κ2) is 9.91. The quantitative estimate of drug-likeness (QED) is 0.408. The number of thioether (sulfide) groups is 1. The highest BCUT2D eigenvalue weighted by molar-refractivity contribution is 8.00. The van der Waals surface area contributed by atoms with Crippen LogP contribution in [-0.2, 0) is 20.9 Å². The van der Waals surface area contributed by atoms with Gasteiger partial charge in [0.15, 0.2) is 5.16 Å². The molecule has 3 rings (SSSR count). The van der Waals surface area contributed by atoms with Gasteiger partial charge in [-0.15, -0.1) is 0 Å². The maximum atomic E-state index is 13.0. The van der Waals surface area contributed by atoms with E-state index >= 15 is 0 Å². The summed E-state index contributed by atoms with van der Waals surface area (Å²) in [5.74, 6) is -0.325. The molecular formula is C21H27N3O4S. The van der Waals surface area contributed by atoms with Crippen LogP contribution in [0.25, 0.3) is 10.9 Å². The van der Waals surface area contributed by atoms with Crippen LogP contribution in [0.2, 0.25) is 0 Å². The Kier molecular flexibility index (Phi) is 7.30. The molecule has 1 aromatic heterocycles. The smallest absolute Gasteiger partial charge is 0.307 e. The topological polar surface area (TPSA) is 81.5 Å². The van der Waals surface area contributed by atoms with Gasteiger partial charge >= 0.3 is 5.97 Å². The number of amides is 1. The van der Waals surface area contributed by atoms with Crippen molar-refractivity contribution >= 4 is 34.5 Å². The van der Waals surface area contributed by atoms with Gasteiger partial charge in [0.1, 0.15) is 0 Å². The van der Waals surface area contributed by atoms with E-state index in [1.807, 2.05) is 17.9 Å². The maximum Gasteiger partial charge on any atom is 0.307 e. The number of methoxy groups -OCH3 is 1. The van der Waals surface area contributed by atoms with Gasteiger partial charge in [0.25, 0.3) is 5.56 Å². The molecule has 0 spiro atoms. The van der Waals surface area contributed by atoms with Crippen LogP contribution < -0.4 is 5.56 Å². The summed E-state index contributed by atoms with van der Waals surface area (Å²) < 4.78 is 6.19. The van der Waals surface area contributed by atoms with E-state index in [9.17, 15) is 14.4 Å². The van der Waals surface area contributed by atoms with Crippen molar-refractivity contribution < 1.29 is 14.3 Å². The first kappa shape index (κ1) is 21.4. The van der Waals surface area contributed by atoms with Crippen molar-refractivity contribution in [3.63, 3.8) is 0 Å². The fourth-order valence-corrected chi connectivity index (χ4v) is 4.52. The van der Waals surface area contributed by atoms with E-state index < -0.39 is 5.97 Å². The van der Waals surface area contributed by atoms with E-state index in [0.717, 1.165) is 38.8 Å². The summed E-state index contributed by atoms with van der Waals surface area (Å²) in [5.41, 5.74) is 0.375. The number of esters is 1. The van der Waals surface area contributed by atoms with E-state index in [1.54, 1.807) is 18.2 Å². The van der Waals surface area contributed by atoms with Crippen LogP contribution >= 0.6 is 11.8 Å². The average molecular weight is 418 g/mol. The van der Waals surface area contributed by atoms with Gasteiger partial charge in [0.05, 0.1) is 29.7 Å². The Morgan fingerprint density at radius 2 is 1.86 bits per heavy atom. The monoisotopic (exact) mass is 417 g/mol. The zero-order chi connectivity index (χ0) is 20.8. The standard InChI is InChI=1S/C21H27N3O4S/c1-15(19(26)23-12-7-3-4-8-13-23)29-21-22-17-10-6-5-9-16(17)20(27)24(21)14-11-18(25)28-2/h5-6,9-10,15H,3-4,7-8,11-14H2,1-2H3/t15-/m1/s1. The van der Waals surface area contributed by atoms with Crippen molar-refractivity contribution in [2.24, 2.45) is 0 Å². The van der Waals surface area contributed by atoms with E-state index in [2.05, 4.69) is 4.98 Å². The SMILES string of the molecule is COC(=O)CCn1c(S[C@H](C)C(=O)N2CCCCCC2)nc2ccccc2c1=O. The van der Waals surface area contributed by atoms with Gasteiger partial charge in [-0.1, -0.05) is 36.7 Å². The number of carbonyl (C=O) groups excluding carboxylic acids is 2. The van der Waals surface area contributed by atoms with Gasteiger partial charge in [-0.3, -0.25) is 19.0 Å². The van der Waals surface area contributed by atoms with Crippen molar-refractivity contribution in [1.29, 1.82) is 0 Å². The molecule has 0 unspecified atom stereocenters. The summed E-state index contributed by atoms with van der Waals surface area (Å²) in [7, 11) is 1.32. The van der Waals surface area contributed by atoms with E-state index in [-0.39, 0.29) is 29.7 Å². The molecule has 29 heavy (non-hydrogen) atoms. The molecule has 1 aliphatic heterocycles. The fourth-order valence-electron chi connectivity index (χ4n) is 3.50. The minimum absolute atomic E-state index is 0.0679. The summed E-state index contributed by atoms with van der Waals surface area (Å²) in [6, 6.07) is 7.12. The number of likely N-dealkylation sites (tertiary alicyclic amines) is 1. The third-order valence-electron chi connectivity index (χ3n) is 5.14. The zero-order valence-electron chi connectivity index (χ0n) is 16.9. The highest BCUT2D eigenvalue weighted by atomic mass is 32.2. The Bertz CT molecular complexity index is 935. The fraction of sp³-hybridized carbons (Fsp3) is 0.524. The molecule has 0 N–H and O–H groups in total. The second-order valence-corrected chi connectivity index (χ2v) is 8.50. The summed E-state index contributed by atoms with van der Waals surface area (Å²) in [6.07, 6.45) is 4.44. The number of ether oxygens (including phenoxy) is 1. The lowest BCUT2D eigenvalue weighted by atomic mass is 10.2. The molecule has 2 aromatic rings. The summed E-state index contributed by atoms with van der Waals surface area (Å²) >= 11 is 1.28. The van der Waals surface area contributed by atoms with Crippen LogP contribution in [0, 0.1) is 0 Å². The zero-order valence-corrected chi connectivity index (χ0v) is 17.7. The molecule has 1 fully saturated rings. The minimum atomic E-state index is -0.394. The van der Waals surface area contributed by atoms with Gasteiger partial charge in [0, 0.05) is 19.6 Å². The predicted molar refractivity (Wildman–Crippen MR) is 113 cm³/mol. The van der Waals surface area contributed by atoms with Crippen LogP contribution in [0.4, 0.5) is 0 Å². The first-order chi connectivity index (χ1) is 14.0.